The molecule has 3 saturated carbocycles. The molecule has 0 atom stereocenters. The molecule has 1 heterocycles. The second-order valence-corrected chi connectivity index (χ2v) is 20.6. The number of hydrogen-bond acceptors (Lipinski definition) is 0. The van der Waals surface area contributed by atoms with Crippen molar-refractivity contribution in [3.05, 3.63) is 110 Å². The van der Waals surface area contributed by atoms with E-state index < -0.39 is 0 Å². The number of benzene rings is 3. The Hall–Kier alpha value is -1.63. The number of hydrogen-bond donors (Lipinski definition) is 0. The topological polar surface area (TPSA) is 9.86 Å². The first-order chi connectivity index (χ1) is 24.3. The van der Waals surface area contributed by atoms with Crippen LogP contribution in [0, 0.1) is 45.6 Å². The van der Waals surface area contributed by atoms with Gasteiger partial charge in [-0.3, -0.25) is 0 Å². The summed E-state index contributed by atoms with van der Waals surface area (Å²) < 4.78 is 8.59. The van der Waals surface area contributed by atoms with Gasteiger partial charge in [0.1, 0.15) is 0 Å². The number of aryl methyl sites for hydroxylation is 6. The Labute approximate surface area is 336 Å². The van der Waals surface area contributed by atoms with Gasteiger partial charge < -0.3 is 0 Å². The van der Waals surface area contributed by atoms with E-state index in [2.05, 4.69) is 122 Å². The molecule has 0 unspecified atom stereocenters. The van der Waals surface area contributed by atoms with E-state index in [0.717, 1.165) is 0 Å². The van der Waals surface area contributed by atoms with Crippen molar-refractivity contribution in [1.82, 2.24) is 9.13 Å². The Morgan fingerprint density at radius 2 is 0.865 bits per heavy atom. The van der Waals surface area contributed by atoms with E-state index in [1.54, 1.807) is 77.0 Å². The fraction of sp³-hybridized carbons (Fsp3) is 0.522. The van der Waals surface area contributed by atoms with Gasteiger partial charge in [0, 0.05) is 0 Å². The Balaban J connectivity index is 0.000000248. The number of nitrogens with zero attached hydrogens (tertiary/aromatic N) is 2. The molecule has 3 aliphatic carbocycles. The van der Waals surface area contributed by atoms with Gasteiger partial charge in [-0.1, -0.05) is 65.7 Å². The molecule has 2 nitrogen and oxygen atoms in total. The van der Waals surface area contributed by atoms with Crippen molar-refractivity contribution < 1.29 is 16.2 Å². The van der Waals surface area contributed by atoms with E-state index in [-0.39, 0.29) is 41.0 Å². The molecule has 7 rings (SSSR count). The van der Waals surface area contributed by atoms with E-state index in [1.165, 1.54) is 90.6 Å². The van der Waals surface area contributed by atoms with Gasteiger partial charge in [0.2, 0.25) is 0 Å². The van der Waals surface area contributed by atoms with Crippen LogP contribution in [0.15, 0.2) is 67.0 Å². The van der Waals surface area contributed by atoms with E-state index in [0.29, 0.717) is 7.92 Å². The van der Waals surface area contributed by atoms with Crippen molar-refractivity contribution in [2.75, 3.05) is 0 Å². The van der Waals surface area contributed by atoms with Crippen molar-refractivity contribution >= 4 is 37.3 Å². The molecule has 286 valence electrons. The zero-order chi connectivity index (χ0) is 35.0. The van der Waals surface area contributed by atoms with Crippen LogP contribution in [0.5, 0.6) is 0 Å². The third kappa shape index (κ3) is 10.8. The number of aromatic nitrogens is 2. The minimum Gasteiger partial charge on any atom is -0.147 e. The molecule has 3 aliphatic rings. The Kier molecular flexibility index (Phi) is 17.3. The average molecular weight is 849 g/mol. The fourth-order valence-corrected chi connectivity index (χ4v) is 16.2. The van der Waals surface area contributed by atoms with Gasteiger partial charge >= 0.3 is 193 Å². The molecule has 0 radical (unpaired) electrons. The SMILES string of the molecule is C1CCC(P(C2CCCCC2)C2CCCCC2)CC1.Cc1cc(C)c(-n2ccn(-c3c(C)cc(C)cc3C)[c]2=[Ru]=[CH]c2ccccc2)c(C)c1.Cl.Cl. The minimum absolute atomic E-state index is 0. The van der Waals surface area contributed by atoms with Crippen LogP contribution in [0.25, 0.3) is 11.4 Å². The third-order valence-corrected chi connectivity index (χ3v) is 17.7. The third-order valence-electron chi connectivity index (χ3n) is 11.6. The quantitative estimate of drug-likeness (QED) is 0.135. The molecule has 3 aromatic carbocycles. The molecule has 0 amide bonds. The van der Waals surface area contributed by atoms with E-state index in [1.807, 2.05) is 0 Å². The maximum absolute atomic E-state index is 2.42. The van der Waals surface area contributed by atoms with Gasteiger partial charge in [-0.15, -0.1) is 24.8 Å². The van der Waals surface area contributed by atoms with Crippen LogP contribution in [0.2, 0.25) is 0 Å². The molecule has 4 aromatic rings. The summed E-state index contributed by atoms with van der Waals surface area (Å²) in [5.74, 6) is 0. The summed E-state index contributed by atoms with van der Waals surface area (Å²) in [5.41, 5.74) is 15.4. The first kappa shape index (κ1) is 43.1. The molecule has 52 heavy (non-hydrogen) atoms. The van der Waals surface area contributed by atoms with Crippen LogP contribution >= 0.6 is 32.7 Å². The summed E-state index contributed by atoms with van der Waals surface area (Å²) >= 11 is -0.154. The molecule has 3 fully saturated rings. The molecule has 0 spiro atoms. The Morgan fingerprint density at radius 3 is 1.21 bits per heavy atom. The van der Waals surface area contributed by atoms with Gasteiger partial charge in [-0.05, 0) is 55.5 Å². The van der Waals surface area contributed by atoms with Crippen LogP contribution in [0.3, 0.4) is 0 Å². The van der Waals surface area contributed by atoms with Crippen LogP contribution < -0.4 is 0 Å². The molecule has 0 aliphatic heterocycles. The van der Waals surface area contributed by atoms with Crippen LogP contribution in [0.1, 0.15) is 135 Å². The van der Waals surface area contributed by atoms with Gasteiger partial charge in [0.05, 0.1) is 0 Å². The van der Waals surface area contributed by atoms with Crippen molar-refractivity contribution in [2.45, 2.75) is 155 Å². The number of imidazole rings is 1. The molecule has 0 bridgehead atoms. The van der Waals surface area contributed by atoms with Crippen molar-refractivity contribution in [3.63, 3.8) is 0 Å². The largest absolute Gasteiger partial charge is 0.147 e. The molecule has 0 saturated heterocycles. The zero-order valence-electron chi connectivity index (χ0n) is 32.8. The molecule has 6 heteroatoms. The predicted molar refractivity (Wildman–Crippen MR) is 230 cm³/mol. The zero-order valence-corrected chi connectivity index (χ0v) is 37.0. The smallest absolute Gasteiger partial charge is 0.147 e. The molecular weight excluding hydrogens is 783 g/mol. The summed E-state index contributed by atoms with van der Waals surface area (Å²) in [6.07, 6.45) is 28.1. The maximum Gasteiger partial charge on any atom is -0.147 e. The molecular formula is C46H65Cl2N2PRu. The van der Waals surface area contributed by atoms with Crippen LogP contribution in [-0.4, -0.2) is 30.7 Å². The number of rotatable bonds is 6. The second kappa shape index (κ2) is 20.9. The minimum atomic E-state index is -0.154. The average Bonchev–Trinajstić information content (AvgIpc) is 3.51. The molecule has 1 aromatic heterocycles. The van der Waals surface area contributed by atoms with Crippen molar-refractivity contribution in [1.29, 1.82) is 0 Å². The monoisotopic (exact) mass is 848 g/mol. The predicted octanol–water partition coefficient (Wildman–Crippen LogP) is 13.9. The fourth-order valence-electron chi connectivity index (χ4n) is 9.56. The Bertz CT molecular complexity index is 1650. The normalized spacial score (nSPS) is 17.1. The summed E-state index contributed by atoms with van der Waals surface area (Å²) in [6.45, 7) is 13.3. The first-order valence-electron chi connectivity index (χ1n) is 19.9. The molecule has 0 N–H and O–H groups in total. The van der Waals surface area contributed by atoms with E-state index in [4.69, 9.17) is 0 Å². The summed E-state index contributed by atoms with van der Waals surface area (Å²) in [7, 11) is 0.385. The summed E-state index contributed by atoms with van der Waals surface area (Å²) in [6, 6.07) is 19.8. The summed E-state index contributed by atoms with van der Waals surface area (Å²) in [4.78, 5) is 0. The number of halogens is 2. The second-order valence-electron chi connectivity index (χ2n) is 15.7. The van der Waals surface area contributed by atoms with Crippen molar-refractivity contribution in [3.8, 4) is 11.4 Å². The van der Waals surface area contributed by atoms with E-state index >= 15 is 0 Å². The maximum atomic E-state index is 2.42. The van der Waals surface area contributed by atoms with E-state index in [9.17, 15) is 0 Å². The van der Waals surface area contributed by atoms with Gasteiger partial charge in [-0.25, -0.2) is 0 Å². The Morgan fingerprint density at radius 1 is 0.519 bits per heavy atom. The van der Waals surface area contributed by atoms with Gasteiger partial charge in [0.15, 0.2) is 0 Å². The van der Waals surface area contributed by atoms with Gasteiger partial charge in [0.25, 0.3) is 0 Å². The first-order valence-corrected chi connectivity index (χ1v) is 23.3. The van der Waals surface area contributed by atoms with Crippen LogP contribution in [0.4, 0.5) is 0 Å². The van der Waals surface area contributed by atoms with Crippen molar-refractivity contribution in [2.24, 2.45) is 0 Å². The van der Waals surface area contributed by atoms with Gasteiger partial charge in [-0.2, -0.15) is 0 Å². The standard InChI is InChI=1S/C21H24N2.C18H33P.C7H6.2ClH.Ru/c1-14-9-16(3)20(17(4)10-14)22-7-8-23(13-22)21-18(5)11-15(2)12-19(21)6;1-4-10-16(11-5-1)19(17-12-6-2-7-13-17)18-14-8-3-9-15-18;1-7-5-3-2-4-6-7;;;/h7-12H,1-6H3;16-18H,1-15H2;1-6H;2*1H;. The van der Waals surface area contributed by atoms with Crippen LogP contribution in [-0.2, 0) is 16.2 Å². The summed E-state index contributed by atoms with van der Waals surface area (Å²) in [5, 5.41) is 0.